The first-order chi connectivity index (χ1) is 13.3. The van der Waals surface area contributed by atoms with Crippen molar-refractivity contribution >= 4 is 24.0 Å². The molecule has 0 unspecified atom stereocenters. The number of rotatable bonds is 9. The first-order valence-electron chi connectivity index (χ1n) is 8.42. The van der Waals surface area contributed by atoms with Crippen molar-refractivity contribution in [3.05, 3.63) is 77.7 Å². The highest BCUT2D eigenvalue weighted by Gasteiger charge is 2.06. The Bertz CT molecular complexity index is 925. The maximum absolute atomic E-state index is 6.06. The van der Waals surface area contributed by atoms with Crippen LogP contribution in [0, 0.1) is 0 Å². The van der Waals surface area contributed by atoms with Gasteiger partial charge in [-0.25, -0.2) is 9.67 Å². The lowest BCUT2D eigenvalue weighted by Gasteiger charge is -2.03. The summed E-state index contributed by atoms with van der Waals surface area (Å²) in [6, 6.07) is 7.51. The topological polar surface area (TPSA) is 83.2 Å². The third-order valence-corrected chi connectivity index (χ3v) is 4.01. The van der Waals surface area contributed by atoms with Crippen LogP contribution in [0.1, 0.15) is 11.3 Å². The van der Waals surface area contributed by atoms with Crippen molar-refractivity contribution in [3.63, 3.8) is 0 Å². The van der Waals surface area contributed by atoms with Crippen LogP contribution in [-0.4, -0.2) is 45.4 Å². The molecule has 0 saturated carbocycles. The fourth-order valence-corrected chi connectivity index (χ4v) is 2.63. The average molecular weight is 382 g/mol. The molecule has 0 aliphatic heterocycles. The number of halogens is 1. The van der Waals surface area contributed by atoms with Crippen LogP contribution in [0.15, 0.2) is 71.4 Å². The van der Waals surface area contributed by atoms with E-state index in [0.29, 0.717) is 11.7 Å². The molecule has 2 N–H and O–H groups in total. The summed E-state index contributed by atoms with van der Waals surface area (Å²) in [5.74, 6) is 0. The predicted molar refractivity (Wildman–Crippen MR) is 109 cm³/mol. The molecule has 0 bridgehead atoms. The number of imidazole rings is 1. The zero-order chi connectivity index (χ0) is 18.9. The van der Waals surface area contributed by atoms with Gasteiger partial charge in [-0.05, 0) is 31.0 Å². The first kappa shape index (κ1) is 18.8. The van der Waals surface area contributed by atoms with E-state index in [1.165, 1.54) is 0 Å². The Morgan fingerprint density at radius 2 is 2.30 bits per heavy atom. The van der Waals surface area contributed by atoms with E-state index in [4.69, 9.17) is 11.6 Å². The summed E-state index contributed by atoms with van der Waals surface area (Å²) in [4.78, 5) is 15.4. The van der Waals surface area contributed by atoms with Gasteiger partial charge in [0, 0.05) is 47.8 Å². The Hall–Kier alpha value is -3.03. The van der Waals surface area contributed by atoms with Gasteiger partial charge in [0.1, 0.15) is 0 Å². The average Bonchev–Trinajstić information content (AvgIpc) is 3.36. The van der Waals surface area contributed by atoms with Gasteiger partial charge in [0.25, 0.3) is 0 Å². The van der Waals surface area contributed by atoms with E-state index in [0.717, 1.165) is 35.6 Å². The molecule has 8 heteroatoms. The van der Waals surface area contributed by atoms with Crippen LogP contribution < -0.4 is 5.32 Å². The Kier molecular flexibility index (Phi) is 6.67. The van der Waals surface area contributed by atoms with Gasteiger partial charge in [-0.15, -0.1) is 0 Å². The number of aliphatic imine (C=N–C) groups is 2. The Morgan fingerprint density at radius 3 is 3.07 bits per heavy atom. The van der Waals surface area contributed by atoms with Gasteiger partial charge in [0.15, 0.2) is 0 Å². The fraction of sp³-hybridized carbons (Fsp3) is 0.158. The zero-order valence-electron chi connectivity index (χ0n) is 14.7. The highest BCUT2D eigenvalue weighted by molar-refractivity contribution is 6.30. The number of hydrogen-bond donors (Lipinski definition) is 2. The second-order valence-electron chi connectivity index (χ2n) is 5.68. The van der Waals surface area contributed by atoms with Crippen LogP contribution in [0.4, 0.5) is 0 Å². The van der Waals surface area contributed by atoms with E-state index >= 15 is 0 Å². The molecule has 2 heterocycles. The number of nitrogens with one attached hydrogen (secondary N) is 2. The van der Waals surface area contributed by atoms with Gasteiger partial charge in [-0.2, -0.15) is 5.10 Å². The predicted octanol–water partition coefficient (Wildman–Crippen LogP) is 3.04. The summed E-state index contributed by atoms with van der Waals surface area (Å²) in [5.41, 5.74) is 3.62. The summed E-state index contributed by atoms with van der Waals surface area (Å²) >= 11 is 6.06. The molecule has 3 aromatic rings. The highest BCUT2D eigenvalue weighted by Crippen LogP contribution is 2.15. The van der Waals surface area contributed by atoms with E-state index in [1.807, 2.05) is 42.7 Å². The molecule has 27 heavy (non-hydrogen) atoms. The van der Waals surface area contributed by atoms with E-state index in [2.05, 4.69) is 37.1 Å². The van der Waals surface area contributed by atoms with Gasteiger partial charge in [-0.1, -0.05) is 17.7 Å². The van der Waals surface area contributed by atoms with E-state index in [1.54, 1.807) is 23.4 Å². The molecule has 0 amide bonds. The fourth-order valence-electron chi connectivity index (χ4n) is 2.44. The van der Waals surface area contributed by atoms with Crippen molar-refractivity contribution in [2.24, 2.45) is 9.98 Å². The second-order valence-corrected chi connectivity index (χ2v) is 6.12. The summed E-state index contributed by atoms with van der Waals surface area (Å²) in [5, 5.41) is 8.35. The van der Waals surface area contributed by atoms with Crippen molar-refractivity contribution < 1.29 is 0 Å². The maximum Gasteiger partial charge on any atom is 0.0921 e. The number of aromatic amines is 1. The largest absolute Gasteiger partial charge is 0.348 e. The number of nitrogens with zero attached hydrogens (tertiary/aromatic N) is 5. The Labute approximate surface area is 162 Å². The monoisotopic (exact) mass is 381 g/mol. The Balaban J connectivity index is 1.67. The standard InChI is InChI=1S/C19H20ClN7/c1-21-7-6-19(25-13-22-8-5-17-11-23-14-24-17)15-10-26-27(12-15)18-4-2-3-16(20)9-18/h2-4,6-7,9-12,14,22H,1,5,8,13H2,(H,23,24)/b7-6-,25-19?. The lowest BCUT2D eigenvalue weighted by molar-refractivity contribution is 0.697. The van der Waals surface area contributed by atoms with Gasteiger partial charge < -0.3 is 4.98 Å². The number of H-pyrrole nitrogens is 1. The lowest BCUT2D eigenvalue weighted by Crippen LogP contribution is -2.18. The van der Waals surface area contributed by atoms with Crippen LogP contribution >= 0.6 is 11.6 Å². The molecule has 3 rings (SSSR count). The van der Waals surface area contributed by atoms with Gasteiger partial charge in [0.2, 0.25) is 0 Å². The van der Waals surface area contributed by atoms with Crippen LogP contribution in [0.2, 0.25) is 5.02 Å². The van der Waals surface area contributed by atoms with Crippen LogP contribution in [0.5, 0.6) is 0 Å². The molecule has 0 spiro atoms. The molecule has 0 fully saturated rings. The molecular formula is C19H20ClN7. The molecule has 2 aromatic heterocycles. The van der Waals surface area contributed by atoms with Crippen molar-refractivity contribution in [1.82, 2.24) is 25.1 Å². The van der Waals surface area contributed by atoms with E-state index < -0.39 is 0 Å². The molecule has 7 nitrogen and oxygen atoms in total. The van der Waals surface area contributed by atoms with Gasteiger partial charge in [0.05, 0.1) is 30.6 Å². The molecule has 0 saturated heterocycles. The van der Waals surface area contributed by atoms with Crippen molar-refractivity contribution in [2.75, 3.05) is 13.2 Å². The minimum Gasteiger partial charge on any atom is -0.348 e. The van der Waals surface area contributed by atoms with Gasteiger partial charge in [-0.3, -0.25) is 15.3 Å². The van der Waals surface area contributed by atoms with Crippen molar-refractivity contribution in [3.8, 4) is 5.69 Å². The second kappa shape index (κ2) is 9.61. The normalized spacial score (nSPS) is 12.0. The van der Waals surface area contributed by atoms with Crippen LogP contribution in [0.3, 0.4) is 0 Å². The SMILES string of the molecule is C=N/C=C\C(=NCNCCc1cnc[nH]1)c1cnn(-c2cccc(Cl)c2)c1. The highest BCUT2D eigenvalue weighted by atomic mass is 35.5. The molecule has 0 atom stereocenters. The third kappa shape index (κ3) is 5.47. The van der Waals surface area contributed by atoms with Crippen LogP contribution in [-0.2, 0) is 6.42 Å². The third-order valence-electron chi connectivity index (χ3n) is 3.78. The molecule has 138 valence electrons. The minimum atomic E-state index is 0.479. The smallest absolute Gasteiger partial charge is 0.0921 e. The van der Waals surface area contributed by atoms with Crippen LogP contribution in [0.25, 0.3) is 5.69 Å². The molecule has 1 aromatic carbocycles. The molecule has 0 aliphatic carbocycles. The van der Waals surface area contributed by atoms with Gasteiger partial charge >= 0.3 is 0 Å². The number of allylic oxidation sites excluding steroid dienone is 1. The Morgan fingerprint density at radius 1 is 1.37 bits per heavy atom. The van der Waals surface area contributed by atoms with E-state index in [9.17, 15) is 0 Å². The van der Waals surface area contributed by atoms with Crippen molar-refractivity contribution in [1.29, 1.82) is 0 Å². The number of benzene rings is 1. The lowest BCUT2D eigenvalue weighted by atomic mass is 10.2. The quantitative estimate of drug-likeness (QED) is 0.441. The summed E-state index contributed by atoms with van der Waals surface area (Å²) in [6.45, 7) is 4.75. The maximum atomic E-state index is 6.06. The molecular weight excluding hydrogens is 362 g/mol. The molecule has 0 aliphatic rings. The van der Waals surface area contributed by atoms with Crippen molar-refractivity contribution in [2.45, 2.75) is 6.42 Å². The summed E-state index contributed by atoms with van der Waals surface area (Å²) in [6.07, 6.45) is 11.4. The summed E-state index contributed by atoms with van der Waals surface area (Å²) < 4.78 is 1.76. The molecule has 0 radical (unpaired) electrons. The number of aromatic nitrogens is 4. The number of hydrogen-bond acceptors (Lipinski definition) is 5. The first-order valence-corrected chi connectivity index (χ1v) is 8.80. The summed E-state index contributed by atoms with van der Waals surface area (Å²) in [7, 11) is 0. The van der Waals surface area contributed by atoms with E-state index in [-0.39, 0.29) is 0 Å². The zero-order valence-corrected chi connectivity index (χ0v) is 15.5. The minimum absolute atomic E-state index is 0.479.